The molecule has 8 nitrogen and oxygen atoms in total. The second-order valence-corrected chi connectivity index (χ2v) is 8.00. The Hall–Kier alpha value is -3.88. The van der Waals surface area contributed by atoms with Crippen molar-refractivity contribution in [3.63, 3.8) is 0 Å². The third-order valence-corrected chi connectivity index (χ3v) is 5.83. The maximum absolute atomic E-state index is 14.4. The van der Waals surface area contributed by atoms with Crippen LogP contribution in [0.25, 0.3) is 17.0 Å². The normalized spacial score (nSPS) is 16.1. The van der Waals surface area contributed by atoms with Crippen LogP contribution in [-0.4, -0.2) is 53.2 Å². The van der Waals surface area contributed by atoms with Crippen molar-refractivity contribution in [2.24, 2.45) is 0 Å². The number of methoxy groups -OCH3 is 2. The maximum Gasteiger partial charge on any atom is 0.188 e. The zero-order valence-electron chi connectivity index (χ0n) is 18.5. The van der Waals surface area contributed by atoms with Gasteiger partial charge in [-0.05, 0) is 37.1 Å². The summed E-state index contributed by atoms with van der Waals surface area (Å²) in [6.07, 6.45) is 2.05. The van der Waals surface area contributed by atoms with Gasteiger partial charge in [-0.25, -0.2) is 4.39 Å². The van der Waals surface area contributed by atoms with Crippen LogP contribution in [-0.2, 0) is 0 Å². The number of anilines is 2. The van der Waals surface area contributed by atoms with E-state index >= 15 is 0 Å². The van der Waals surface area contributed by atoms with Gasteiger partial charge in [0.05, 0.1) is 19.8 Å². The molecule has 5 rings (SSSR count). The third-order valence-electron chi connectivity index (χ3n) is 5.83. The average molecular weight is 449 g/mol. The lowest BCUT2D eigenvalue weighted by Crippen LogP contribution is -2.42. The van der Waals surface area contributed by atoms with E-state index in [1.165, 1.54) is 6.07 Å². The Kier molecular flexibility index (Phi) is 5.68. The smallest absolute Gasteiger partial charge is 0.188 e. The van der Waals surface area contributed by atoms with Crippen molar-refractivity contribution in [2.45, 2.75) is 18.9 Å². The van der Waals surface area contributed by atoms with E-state index in [0.717, 1.165) is 48.9 Å². The van der Waals surface area contributed by atoms with Gasteiger partial charge < -0.3 is 19.7 Å². The number of fused-ring (bicyclic) bond motifs is 1. The molecule has 1 unspecified atom stereocenters. The number of hydrogen-bond acceptors (Lipinski definition) is 7. The SMILES string of the molecule is COc1cc(NC2CCCN(c3ccc4nnc(-c5ccccc5F)n4n3)C2)cc(OC)c1. The van der Waals surface area contributed by atoms with E-state index < -0.39 is 0 Å². The molecule has 2 aromatic heterocycles. The molecule has 0 aliphatic carbocycles. The molecular weight excluding hydrogens is 423 g/mol. The molecule has 0 bridgehead atoms. The van der Waals surface area contributed by atoms with Gasteiger partial charge in [0.25, 0.3) is 0 Å². The van der Waals surface area contributed by atoms with Crippen LogP contribution in [0.2, 0.25) is 0 Å². The number of hydrogen-bond donors (Lipinski definition) is 1. The molecule has 33 heavy (non-hydrogen) atoms. The first-order valence-electron chi connectivity index (χ1n) is 10.9. The van der Waals surface area contributed by atoms with Crippen LogP contribution in [0.15, 0.2) is 54.6 Å². The van der Waals surface area contributed by atoms with Gasteiger partial charge in [-0.3, -0.25) is 0 Å². The fourth-order valence-electron chi connectivity index (χ4n) is 4.19. The van der Waals surface area contributed by atoms with Crippen molar-refractivity contribution in [1.29, 1.82) is 0 Å². The lowest BCUT2D eigenvalue weighted by atomic mass is 10.1. The monoisotopic (exact) mass is 448 g/mol. The first-order valence-corrected chi connectivity index (χ1v) is 10.9. The highest BCUT2D eigenvalue weighted by Crippen LogP contribution is 2.28. The van der Waals surface area contributed by atoms with Crippen molar-refractivity contribution in [2.75, 3.05) is 37.5 Å². The molecular formula is C24H25FN6O2. The van der Waals surface area contributed by atoms with Gasteiger partial charge in [0, 0.05) is 43.0 Å². The number of halogens is 1. The number of benzene rings is 2. The first kappa shape index (κ1) is 21.0. The highest BCUT2D eigenvalue weighted by atomic mass is 19.1. The van der Waals surface area contributed by atoms with Gasteiger partial charge in [0.15, 0.2) is 11.5 Å². The summed E-state index contributed by atoms with van der Waals surface area (Å²) in [5.41, 5.74) is 1.90. The summed E-state index contributed by atoms with van der Waals surface area (Å²) in [6, 6.07) is 16.3. The van der Waals surface area contributed by atoms with E-state index in [2.05, 4.69) is 20.4 Å². The van der Waals surface area contributed by atoms with Crippen LogP contribution in [0.1, 0.15) is 12.8 Å². The molecule has 1 atom stereocenters. The molecule has 3 heterocycles. The van der Waals surface area contributed by atoms with E-state index in [9.17, 15) is 4.39 Å². The molecule has 0 radical (unpaired) electrons. The van der Waals surface area contributed by atoms with Crippen molar-refractivity contribution in [3.8, 4) is 22.9 Å². The number of nitrogens with one attached hydrogen (secondary N) is 1. The predicted octanol–water partition coefficient (Wildman–Crippen LogP) is 4.03. The van der Waals surface area contributed by atoms with Crippen LogP contribution in [0.5, 0.6) is 11.5 Å². The van der Waals surface area contributed by atoms with Gasteiger partial charge >= 0.3 is 0 Å². The number of nitrogens with zero attached hydrogens (tertiary/aromatic N) is 5. The summed E-state index contributed by atoms with van der Waals surface area (Å²) in [4.78, 5) is 2.23. The minimum Gasteiger partial charge on any atom is -0.497 e. The largest absolute Gasteiger partial charge is 0.497 e. The highest BCUT2D eigenvalue weighted by Gasteiger charge is 2.23. The summed E-state index contributed by atoms with van der Waals surface area (Å²) in [5, 5.41) is 16.7. The van der Waals surface area contributed by atoms with Crippen molar-refractivity contribution < 1.29 is 13.9 Å². The van der Waals surface area contributed by atoms with Gasteiger partial charge in [-0.1, -0.05) is 12.1 Å². The number of aromatic nitrogens is 4. The molecule has 0 spiro atoms. The van der Waals surface area contributed by atoms with Crippen molar-refractivity contribution in [3.05, 3.63) is 60.4 Å². The Morgan fingerprint density at radius 3 is 2.55 bits per heavy atom. The Balaban J connectivity index is 1.39. The number of ether oxygens (including phenoxy) is 2. The summed E-state index contributed by atoms with van der Waals surface area (Å²) in [5.74, 6) is 2.32. The van der Waals surface area contributed by atoms with E-state index in [4.69, 9.17) is 14.6 Å². The van der Waals surface area contributed by atoms with Crippen molar-refractivity contribution in [1.82, 2.24) is 19.8 Å². The molecule has 9 heteroatoms. The van der Waals surface area contributed by atoms with Crippen LogP contribution >= 0.6 is 0 Å². The molecule has 1 fully saturated rings. The molecule has 1 saturated heterocycles. The van der Waals surface area contributed by atoms with E-state index in [1.54, 1.807) is 36.9 Å². The zero-order valence-corrected chi connectivity index (χ0v) is 18.5. The number of piperidine rings is 1. The topological polar surface area (TPSA) is 76.8 Å². The van der Waals surface area contributed by atoms with Crippen LogP contribution < -0.4 is 19.7 Å². The molecule has 4 aromatic rings. The maximum atomic E-state index is 14.4. The van der Waals surface area contributed by atoms with Gasteiger partial charge in [-0.15, -0.1) is 15.3 Å². The minimum absolute atomic E-state index is 0.222. The van der Waals surface area contributed by atoms with Crippen LogP contribution in [0, 0.1) is 5.82 Å². The average Bonchev–Trinajstić information content (AvgIpc) is 3.27. The summed E-state index contributed by atoms with van der Waals surface area (Å²) in [7, 11) is 3.28. The minimum atomic E-state index is -0.352. The summed E-state index contributed by atoms with van der Waals surface area (Å²) < 4.78 is 26.7. The Morgan fingerprint density at radius 1 is 1.00 bits per heavy atom. The molecule has 170 valence electrons. The molecule has 1 aliphatic heterocycles. The summed E-state index contributed by atoms with van der Waals surface area (Å²) in [6.45, 7) is 1.66. The molecule has 1 N–H and O–H groups in total. The second kappa shape index (κ2) is 8.93. The summed E-state index contributed by atoms with van der Waals surface area (Å²) >= 11 is 0. The molecule has 0 saturated carbocycles. The van der Waals surface area contributed by atoms with Crippen LogP contribution in [0.4, 0.5) is 15.9 Å². The van der Waals surface area contributed by atoms with E-state index in [0.29, 0.717) is 17.0 Å². The Labute approximate surface area is 191 Å². The third kappa shape index (κ3) is 4.26. The van der Waals surface area contributed by atoms with Crippen molar-refractivity contribution >= 4 is 17.2 Å². The second-order valence-electron chi connectivity index (χ2n) is 8.00. The zero-order chi connectivity index (χ0) is 22.8. The standard InChI is InChI=1S/C24H25FN6O2/c1-32-18-12-17(13-19(14-18)33-2)26-16-6-5-11-30(15-16)23-10-9-22-27-28-24(31(22)29-23)20-7-3-4-8-21(20)25/h3-4,7-10,12-14,16,26H,5-6,11,15H2,1-2H3. The quantitative estimate of drug-likeness (QED) is 0.477. The first-order chi connectivity index (χ1) is 16.1. The molecule has 1 aliphatic rings. The lowest BCUT2D eigenvalue weighted by molar-refractivity contribution is 0.394. The fourth-order valence-corrected chi connectivity index (χ4v) is 4.19. The number of rotatable bonds is 6. The predicted molar refractivity (Wildman–Crippen MR) is 125 cm³/mol. The highest BCUT2D eigenvalue weighted by molar-refractivity contribution is 5.60. The van der Waals surface area contributed by atoms with Gasteiger partial charge in [0.1, 0.15) is 23.1 Å². The van der Waals surface area contributed by atoms with E-state index in [1.807, 2.05) is 30.3 Å². The lowest BCUT2D eigenvalue weighted by Gasteiger charge is -2.34. The van der Waals surface area contributed by atoms with Crippen LogP contribution in [0.3, 0.4) is 0 Å². The van der Waals surface area contributed by atoms with Gasteiger partial charge in [0.2, 0.25) is 0 Å². The molecule has 0 amide bonds. The van der Waals surface area contributed by atoms with Gasteiger partial charge in [-0.2, -0.15) is 4.52 Å². The Morgan fingerprint density at radius 2 is 1.79 bits per heavy atom. The fraction of sp³-hybridized carbons (Fsp3) is 0.292. The van der Waals surface area contributed by atoms with E-state index in [-0.39, 0.29) is 11.9 Å². The molecule has 2 aromatic carbocycles. The Bertz CT molecular complexity index is 1250.